The highest BCUT2D eigenvalue weighted by molar-refractivity contribution is 6.21. The fourth-order valence-electron chi connectivity index (χ4n) is 8.43. The van der Waals surface area contributed by atoms with Gasteiger partial charge in [0.25, 0.3) is 0 Å². The van der Waals surface area contributed by atoms with Crippen LogP contribution in [0.15, 0.2) is 200 Å². The molecule has 0 spiro atoms. The first-order valence-corrected chi connectivity index (χ1v) is 18.8. The van der Waals surface area contributed by atoms with Crippen molar-refractivity contribution in [3.8, 4) is 27.9 Å². The maximum absolute atomic E-state index is 2.40. The molecule has 2 heteroatoms. The summed E-state index contributed by atoms with van der Waals surface area (Å²) < 4.78 is 2.40. The number of rotatable bonds is 7. The van der Waals surface area contributed by atoms with Crippen molar-refractivity contribution in [1.82, 2.24) is 4.57 Å². The molecule has 10 aromatic rings. The quantitative estimate of drug-likeness (QED) is 0.151. The van der Waals surface area contributed by atoms with Gasteiger partial charge in [-0.2, -0.15) is 0 Å². The third-order valence-electron chi connectivity index (χ3n) is 10.9. The minimum absolute atomic E-state index is 0.996. The Labute approximate surface area is 315 Å². The largest absolute Gasteiger partial charge is 0.310 e. The van der Waals surface area contributed by atoms with Crippen molar-refractivity contribution < 1.29 is 0 Å². The van der Waals surface area contributed by atoms with Crippen LogP contribution in [-0.2, 0) is 6.42 Å². The van der Waals surface area contributed by atoms with E-state index < -0.39 is 0 Å². The maximum Gasteiger partial charge on any atom is 0.0542 e. The molecule has 1 heterocycles. The first-order chi connectivity index (χ1) is 26.8. The van der Waals surface area contributed by atoms with Crippen LogP contribution in [0.25, 0.3) is 71.3 Å². The Balaban J connectivity index is 1.15. The lowest BCUT2D eigenvalue weighted by Gasteiger charge is -2.26. The maximum atomic E-state index is 2.40. The highest BCUT2D eigenvalue weighted by Crippen LogP contribution is 2.45. The van der Waals surface area contributed by atoms with E-state index >= 15 is 0 Å². The van der Waals surface area contributed by atoms with Crippen molar-refractivity contribution >= 4 is 60.4 Å². The molecule has 0 amide bonds. The lowest BCUT2D eigenvalue weighted by atomic mass is 9.86. The van der Waals surface area contributed by atoms with Crippen LogP contribution in [0.5, 0.6) is 0 Å². The van der Waals surface area contributed by atoms with Gasteiger partial charge in [0.1, 0.15) is 0 Å². The SMILES string of the molecule is CCc1ccc2c(c1)c1cc(N(c3ccccc3)c3ccc(-c4c5ccccc5c(-c5ccccc5)c5ccccc45)cc3)ccc1n2-c1ccccc1. The molecule has 0 aliphatic carbocycles. The van der Waals surface area contributed by atoms with E-state index in [1.807, 2.05) is 0 Å². The molecule has 0 radical (unpaired) electrons. The molecule has 0 saturated heterocycles. The van der Waals surface area contributed by atoms with Crippen LogP contribution >= 0.6 is 0 Å². The van der Waals surface area contributed by atoms with Crippen molar-refractivity contribution in [2.75, 3.05) is 4.90 Å². The van der Waals surface area contributed by atoms with Gasteiger partial charge in [-0.3, -0.25) is 0 Å². The smallest absolute Gasteiger partial charge is 0.0542 e. The topological polar surface area (TPSA) is 8.17 Å². The standard InChI is InChI=1S/C52H38N2/c1-2-36-26-32-49-47(34-36)48-35-42(31-33-50(48)54(49)40-20-10-5-11-21-40)53(39-18-8-4-9-19-39)41-29-27-38(28-30-41)52-45-24-14-12-22-43(45)51(37-16-6-3-7-17-37)44-23-13-15-25-46(44)52/h3-35H,2H2,1H3. The second-order valence-electron chi connectivity index (χ2n) is 14.0. The van der Waals surface area contributed by atoms with Crippen LogP contribution in [0.2, 0.25) is 0 Å². The van der Waals surface area contributed by atoms with E-state index in [-0.39, 0.29) is 0 Å². The van der Waals surface area contributed by atoms with Crippen molar-refractivity contribution in [2.45, 2.75) is 13.3 Å². The van der Waals surface area contributed by atoms with E-state index in [1.165, 1.54) is 76.9 Å². The number of aromatic nitrogens is 1. The average Bonchev–Trinajstić information content (AvgIpc) is 3.57. The van der Waals surface area contributed by atoms with Gasteiger partial charge in [-0.25, -0.2) is 0 Å². The van der Waals surface area contributed by atoms with Gasteiger partial charge in [0.2, 0.25) is 0 Å². The van der Waals surface area contributed by atoms with Crippen LogP contribution < -0.4 is 4.90 Å². The van der Waals surface area contributed by atoms with Crippen LogP contribution in [0.3, 0.4) is 0 Å². The summed E-state index contributed by atoms with van der Waals surface area (Å²) in [6.45, 7) is 2.23. The Bertz CT molecular complexity index is 2890. The fourth-order valence-corrected chi connectivity index (χ4v) is 8.43. The van der Waals surface area contributed by atoms with Gasteiger partial charge < -0.3 is 9.47 Å². The van der Waals surface area contributed by atoms with Gasteiger partial charge in [0, 0.05) is 33.5 Å². The van der Waals surface area contributed by atoms with Crippen LogP contribution in [0.1, 0.15) is 12.5 Å². The van der Waals surface area contributed by atoms with Gasteiger partial charge in [-0.15, -0.1) is 0 Å². The predicted molar refractivity (Wildman–Crippen MR) is 231 cm³/mol. The number of para-hydroxylation sites is 2. The van der Waals surface area contributed by atoms with Gasteiger partial charge in [0.05, 0.1) is 11.0 Å². The molecule has 1 aromatic heterocycles. The molecular weight excluding hydrogens is 653 g/mol. The number of benzene rings is 9. The highest BCUT2D eigenvalue weighted by atomic mass is 15.1. The van der Waals surface area contributed by atoms with Gasteiger partial charge in [-0.1, -0.05) is 140 Å². The first kappa shape index (κ1) is 31.8. The average molecular weight is 691 g/mol. The number of fused-ring (bicyclic) bond motifs is 5. The number of aryl methyl sites for hydroxylation is 1. The summed E-state index contributed by atoms with van der Waals surface area (Å²) in [4.78, 5) is 2.38. The van der Waals surface area contributed by atoms with Crippen LogP contribution in [-0.4, -0.2) is 4.57 Å². The molecule has 0 aliphatic heterocycles. The molecule has 0 bridgehead atoms. The summed E-state index contributed by atoms with van der Waals surface area (Å²) >= 11 is 0. The fraction of sp³-hybridized carbons (Fsp3) is 0.0385. The third kappa shape index (κ3) is 5.26. The number of nitrogens with zero attached hydrogens (tertiary/aromatic N) is 2. The molecule has 0 atom stereocenters. The van der Waals surface area contributed by atoms with Crippen LogP contribution in [0, 0.1) is 0 Å². The molecule has 0 unspecified atom stereocenters. The van der Waals surface area contributed by atoms with Gasteiger partial charge in [-0.05, 0) is 123 Å². The molecule has 54 heavy (non-hydrogen) atoms. The summed E-state index contributed by atoms with van der Waals surface area (Å²) in [7, 11) is 0. The molecular formula is C52H38N2. The molecule has 2 nitrogen and oxygen atoms in total. The molecule has 256 valence electrons. The van der Waals surface area contributed by atoms with Gasteiger partial charge >= 0.3 is 0 Å². The lowest BCUT2D eigenvalue weighted by molar-refractivity contribution is 1.14. The van der Waals surface area contributed by atoms with Crippen molar-refractivity contribution in [3.05, 3.63) is 206 Å². The summed E-state index contributed by atoms with van der Waals surface area (Å²) in [6, 6.07) is 73.0. The third-order valence-corrected chi connectivity index (χ3v) is 10.9. The van der Waals surface area contributed by atoms with Crippen molar-refractivity contribution in [3.63, 3.8) is 0 Å². The second-order valence-corrected chi connectivity index (χ2v) is 14.0. The van der Waals surface area contributed by atoms with E-state index in [0.717, 1.165) is 23.5 Å². The lowest BCUT2D eigenvalue weighted by Crippen LogP contribution is -2.09. The molecule has 10 rings (SSSR count). The zero-order valence-corrected chi connectivity index (χ0v) is 30.2. The molecule has 0 N–H and O–H groups in total. The number of hydrogen-bond donors (Lipinski definition) is 0. The van der Waals surface area contributed by atoms with Crippen molar-refractivity contribution in [2.24, 2.45) is 0 Å². The van der Waals surface area contributed by atoms with Crippen molar-refractivity contribution in [1.29, 1.82) is 0 Å². The normalized spacial score (nSPS) is 11.5. The Kier molecular flexibility index (Phi) is 7.81. The van der Waals surface area contributed by atoms with Crippen LogP contribution in [0.4, 0.5) is 17.1 Å². The van der Waals surface area contributed by atoms with E-state index in [2.05, 4.69) is 217 Å². The Morgan fingerprint density at radius 1 is 0.370 bits per heavy atom. The second kappa shape index (κ2) is 13.3. The van der Waals surface area contributed by atoms with Gasteiger partial charge in [0.15, 0.2) is 0 Å². The molecule has 0 saturated carbocycles. The number of anilines is 3. The first-order valence-electron chi connectivity index (χ1n) is 18.8. The minimum Gasteiger partial charge on any atom is -0.310 e. The summed E-state index contributed by atoms with van der Waals surface area (Å²) in [5.41, 5.74) is 13.3. The zero-order valence-electron chi connectivity index (χ0n) is 30.2. The van der Waals surface area contributed by atoms with E-state index in [4.69, 9.17) is 0 Å². The summed E-state index contributed by atoms with van der Waals surface area (Å²) in [6.07, 6.45) is 0.996. The Hall–Kier alpha value is -6.90. The molecule has 0 fully saturated rings. The monoisotopic (exact) mass is 690 g/mol. The van der Waals surface area contributed by atoms with E-state index in [1.54, 1.807) is 0 Å². The molecule has 9 aromatic carbocycles. The Morgan fingerprint density at radius 2 is 0.815 bits per heavy atom. The van der Waals surface area contributed by atoms with E-state index in [0.29, 0.717) is 0 Å². The number of hydrogen-bond acceptors (Lipinski definition) is 1. The van der Waals surface area contributed by atoms with E-state index in [9.17, 15) is 0 Å². The minimum atomic E-state index is 0.996. The molecule has 0 aliphatic rings. The predicted octanol–water partition coefficient (Wildman–Crippen LogP) is 14.5. The Morgan fingerprint density at radius 3 is 1.39 bits per heavy atom. The summed E-state index contributed by atoms with van der Waals surface area (Å²) in [5.74, 6) is 0. The summed E-state index contributed by atoms with van der Waals surface area (Å²) in [5, 5.41) is 7.57. The zero-order chi connectivity index (χ0) is 36.0. The highest BCUT2D eigenvalue weighted by Gasteiger charge is 2.20.